The lowest BCUT2D eigenvalue weighted by atomic mass is 10.0. The van der Waals surface area contributed by atoms with Crippen LogP contribution in [0.5, 0.6) is 0 Å². The number of rotatable bonds is 15. The van der Waals surface area contributed by atoms with E-state index in [1.807, 2.05) is 0 Å². The lowest BCUT2D eigenvalue weighted by molar-refractivity contribution is 0.414. The molecule has 19 heavy (non-hydrogen) atoms. The highest BCUT2D eigenvalue weighted by molar-refractivity contribution is 4.67. The van der Waals surface area contributed by atoms with Gasteiger partial charge < -0.3 is 5.32 Å². The summed E-state index contributed by atoms with van der Waals surface area (Å²) >= 11 is 0. The van der Waals surface area contributed by atoms with Gasteiger partial charge in [0, 0.05) is 6.04 Å². The van der Waals surface area contributed by atoms with Crippen molar-refractivity contribution in [3.8, 4) is 0 Å². The van der Waals surface area contributed by atoms with Crippen molar-refractivity contribution in [2.45, 2.75) is 110 Å². The van der Waals surface area contributed by atoms with Crippen LogP contribution in [-0.4, -0.2) is 12.6 Å². The molecular weight excluding hydrogens is 230 g/mol. The van der Waals surface area contributed by atoms with Gasteiger partial charge in [0.05, 0.1) is 0 Å². The molecule has 1 N–H and O–H groups in total. The summed E-state index contributed by atoms with van der Waals surface area (Å²) in [6.07, 6.45) is 18.2. The first kappa shape index (κ1) is 19.0. The van der Waals surface area contributed by atoms with E-state index in [4.69, 9.17) is 0 Å². The van der Waals surface area contributed by atoms with Crippen LogP contribution in [0.2, 0.25) is 0 Å². The lowest BCUT2D eigenvalue weighted by Crippen LogP contribution is -2.29. The van der Waals surface area contributed by atoms with Gasteiger partial charge in [-0.3, -0.25) is 0 Å². The first-order valence-electron chi connectivity index (χ1n) is 9.08. The van der Waals surface area contributed by atoms with Crippen molar-refractivity contribution in [1.82, 2.24) is 5.32 Å². The van der Waals surface area contributed by atoms with Crippen molar-refractivity contribution in [2.24, 2.45) is 0 Å². The van der Waals surface area contributed by atoms with Gasteiger partial charge in [-0.15, -0.1) is 0 Å². The smallest absolute Gasteiger partial charge is 0.00670 e. The Hall–Kier alpha value is -0.0400. The number of hydrogen-bond donors (Lipinski definition) is 1. The van der Waals surface area contributed by atoms with Gasteiger partial charge in [0.2, 0.25) is 0 Å². The molecule has 0 aliphatic rings. The third-order valence-corrected chi connectivity index (χ3v) is 4.00. The molecule has 0 fully saturated rings. The highest BCUT2D eigenvalue weighted by Crippen LogP contribution is 2.13. The summed E-state index contributed by atoms with van der Waals surface area (Å²) in [5, 5.41) is 3.75. The molecule has 1 atom stereocenters. The number of hydrogen-bond acceptors (Lipinski definition) is 1. The Labute approximate surface area is 122 Å². The van der Waals surface area contributed by atoms with E-state index in [1.165, 1.54) is 90.0 Å². The summed E-state index contributed by atoms with van der Waals surface area (Å²) in [4.78, 5) is 0. The fourth-order valence-corrected chi connectivity index (χ4v) is 2.69. The van der Waals surface area contributed by atoms with E-state index >= 15 is 0 Å². The average Bonchev–Trinajstić information content (AvgIpc) is 2.43. The summed E-state index contributed by atoms with van der Waals surface area (Å²) in [6.45, 7) is 8.06. The normalized spacial score (nSPS) is 12.8. The second kappa shape index (κ2) is 16.0. The molecule has 0 aromatic rings. The van der Waals surface area contributed by atoms with E-state index in [1.54, 1.807) is 0 Å². The van der Waals surface area contributed by atoms with Crippen molar-refractivity contribution in [1.29, 1.82) is 0 Å². The number of nitrogens with one attached hydrogen (secondary N) is 1. The molecule has 0 saturated heterocycles. The quantitative estimate of drug-likeness (QED) is 0.355. The van der Waals surface area contributed by atoms with Gasteiger partial charge in [-0.1, -0.05) is 85.0 Å². The van der Waals surface area contributed by atoms with Gasteiger partial charge in [0.25, 0.3) is 0 Å². The van der Waals surface area contributed by atoms with Gasteiger partial charge in [-0.25, -0.2) is 0 Å². The van der Waals surface area contributed by atoms with Crippen molar-refractivity contribution in [3.63, 3.8) is 0 Å². The zero-order chi connectivity index (χ0) is 14.2. The number of unbranched alkanes of at least 4 members (excludes halogenated alkanes) is 8. The van der Waals surface area contributed by atoms with Crippen LogP contribution >= 0.6 is 0 Å². The Kier molecular flexibility index (Phi) is 16.0. The van der Waals surface area contributed by atoms with Gasteiger partial charge in [-0.2, -0.15) is 0 Å². The molecule has 0 bridgehead atoms. The Morgan fingerprint density at radius 1 is 0.579 bits per heavy atom. The standard InChI is InChI=1S/C18H39N/c1-4-7-9-11-12-14-16-18(19-17-6-3)15-13-10-8-5-2/h18-19H,4-17H2,1-3H3. The molecule has 116 valence electrons. The summed E-state index contributed by atoms with van der Waals surface area (Å²) in [6, 6.07) is 0.794. The maximum atomic E-state index is 3.75. The minimum Gasteiger partial charge on any atom is -0.314 e. The van der Waals surface area contributed by atoms with Crippen LogP contribution in [0.25, 0.3) is 0 Å². The molecule has 0 aromatic carbocycles. The van der Waals surface area contributed by atoms with E-state index in [-0.39, 0.29) is 0 Å². The van der Waals surface area contributed by atoms with Crippen LogP contribution in [0.15, 0.2) is 0 Å². The van der Waals surface area contributed by atoms with Crippen molar-refractivity contribution >= 4 is 0 Å². The van der Waals surface area contributed by atoms with Crippen molar-refractivity contribution in [2.75, 3.05) is 6.54 Å². The fraction of sp³-hybridized carbons (Fsp3) is 1.00. The zero-order valence-corrected chi connectivity index (χ0v) is 14.0. The topological polar surface area (TPSA) is 12.0 Å². The molecule has 0 amide bonds. The van der Waals surface area contributed by atoms with Gasteiger partial charge >= 0.3 is 0 Å². The summed E-state index contributed by atoms with van der Waals surface area (Å²) in [5.41, 5.74) is 0. The monoisotopic (exact) mass is 269 g/mol. The predicted octanol–water partition coefficient (Wildman–Crippen LogP) is 6.08. The fourth-order valence-electron chi connectivity index (χ4n) is 2.69. The van der Waals surface area contributed by atoms with Crippen LogP contribution in [0.1, 0.15) is 104 Å². The highest BCUT2D eigenvalue weighted by atomic mass is 14.9. The molecule has 0 aliphatic carbocycles. The van der Waals surface area contributed by atoms with Crippen LogP contribution in [-0.2, 0) is 0 Å². The summed E-state index contributed by atoms with van der Waals surface area (Å²) in [5.74, 6) is 0. The van der Waals surface area contributed by atoms with E-state index in [0.717, 1.165) is 6.04 Å². The molecule has 0 heterocycles. The van der Waals surface area contributed by atoms with E-state index in [9.17, 15) is 0 Å². The minimum absolute atomic E-state index is 0.794. The molecule has 1 heteroatoms. The second-order valence-corrected chi connectivity index (χ2v) is 6.06. The van der Waals surface area contributed by atoms with Gasteiger partial charge in [0.15, 0.2) is 0 Å². The maximum absolute atomic E-state index is 3.75. The van der Waals surface area contributed by atoms with Crippen LogP contribution < -0.4 is 5.32 Å². The minimum atomic E-state index is 0.794. The third-order valence-electron chi connectivity index (χ3n) is 4.00. The van der Waals surface area contributed by atoms with E-state index in [0.29, 0.717) is 0 Å². The zero-order valence-electron chi connectivity index (χ0n) is 14.0. The van der Waals surface area contributed by atoms with Gasteiger partial charge in [0.1, 0.15) is 0 Å². The molecule has 0 spiro atoms. The molecule has 1 nitrogen and oxygen atoms in total. The molecule has 0 radical (unpaired) electrons. The van der Waals surface area contributed by atoms with Crippen molar-refractivity contribution in [3.05, 3.63) is 0 Å². The maximum Gasteiger partial charge on any atom is 0.00670 e. The summed E-state index contributed by atoms with van der Waals surface area (Å²) < 4.78 is 0. The van der Waals surface area contributed by atoms with Crippen LogP contribution in [0.4, 0.5) is 0 Å². The van der Waals surface area contributed by atoms with Crippen LogP contribution in [0, 0.1) is 0 Å². The third kappa shape index (κ3) is 14.2. The largest absolute Gasteiger partial charge is 0.314 e. The first-order chi connectivity index (χ1) is 9.35. The molecule has 0 aliphatic heterocycles. The summed E-state index contributed by atoms with van der Waals surface area (Å²) in [7, 11) is 0. The Bertz CT molecular complexity index is 156. The van der Waals surface area contributed by atoms with E-state index in [2.05, 4.69) is 26.1 Å². The highest BCUT2D eigenvalue weighted by Gasteiger charge is 2.06. The molecular formula is C18H39N. The van der Waals surface area contributed by atoms with Gasteiger partial charge in [-0.05, 0) is 25.8 Å². The Morgan fingerprint density at radius 2 is 1.05 bits per heavy atom. The lowest BCUT2D eigenvalue weighted by Gasteiger charge is -2.18. The molecule has 0 aromatic heterocycles. The predicted molar refractivity (Wildman–Crippen MR) is 88.8 cm³/mol. The van der Waals surface area contributed by atoms with Crippen LogP contribution in [0.3, 0.4) is 0 Å². The van der Waals surface area contributed by atoms with E-state index < -0.39 is 0 Å². The average molecular weight is 270 g/mol. The first-order valence-corrected chi connectivity index (χ1v) is 9.08. The molecule has 0 rings (SSSR count). The molecule has 1 unspecified atom stereocenters. The molecule has 0 saturated carbocycles. The Balaban J connectivity index is 3.55. The SMILES string of the molecule is CCCCCCCCC(CCCCCC)NCCC. The van der Waals surface area contributed by atoms with Crippen molar-refractivity contribution < 1.29 is 0 Å². The second-order valence-electron chi connectivity index (χ2n) is 6.06. The Morgan fingerprint density at radius 3 is 1.58 bits per heavy atom.